The van der Waals surface area contributed by atoms with Gasteiger partial charge in [-0.2, -0.15) is 0 Å². The van der Waals surface area contributed by atoms with Crippen molar-refractivity contribution in [3.63, 3.8) is 0 Å². The van der Waals surface area contributed by atoms with E-state index in [1.807, 2.05) is 6.07 Å². The van der Waals surface area contributed by atoms with Gasteiger partial charge in [0.05, 0.1) is 5.75 Å². The molecule has 3 nitrogen and oxygen atoms in total. The maximum atomic E-state index is 11.9. The molecule has 1 unspecified atom stereocenters. The van der Waals surface area contributed by atoms with Crippen molar-refractivity contribution in [3.05, 3.63) is 28.2 Å². The maximum absolute atomic E-state index is 11.9. The van der Waals surface area contributed by atoms with Gasteiger partial charge in [-0.25, -0.2) is 0 Å². The van der Waals surface area contributed by atoms with Gasteiger partial charge in [-0.05, 0) is 69.0 Å². The minimum atomic E-state index is 0. The molecule has 0 radical (unpaired) electrons. The molecule has 1 aromatic carbocycles. The van der Waals surface area contributed by atoms with E-state index in [1.54, 1.807) is 11.8 Å². The van der Waals surface area contributed by atoms with Crippen LogP contribution >= 0.6 is 40.1 Å². The Morgan fingerprint density at radius 1 is 1.50 bits per heavy atom. The number of halogens is 2. The standard InChI is InChI=1S/C16H23BrN2OS.ClH/c1-12-9-14(17)4-5-15(12)21-11-16(20)19-8-6-13-3-2-7-18-10-13;/h4-5,9,13,18H,2-3,6-8,10-11H2,1H3,(H,19,20);1H. The summed E-state index contributed by atoms with van der Waals surface area (Å²) in [6, 6.07) is 6.16. The van der Waals surface area contributed by atoms with E-state index in [9.17, 15) is 4.79 Å². The fraction of sp³-hybridized carbons (Fsp3) is 0.562. The largest absolute Gasteiger partial charge is 0.355 e. The highest BCUT2D eigenvalue weighted by Crippen LogP contribution is 2.25. The van der Waals surface area contributed by atoms with E-state index in [-0.39, 0.29) is 18.3 Å². The molecule has 2 N–H and O–H groups in total. The molecule has 1 heterocycles. The predicted octanol–water partition coefficient (Wildman–Crippen LogP) is 3.78. The van der Waals surface area contributed by atoms with Gasteiger partial charge in [0.25, 0.3) is 0 Å². The lowest BCUT2D eigenvalue weighted by molar-refractivity contribution is -0.118. The topological polar surface area (TPSA) is 41.1 Å². The second-order valence-corrected chi connectivity index (χ2v) is 7.48. The molecule has 124 valence electrons. The van der Waals surface area contributed by atoms with Crippen molar-refractivity contribution >= 4 is 46.0 Å². The molecule has 1 saturated heterocycles. The van der Waals surface area contributed by atoms with Crippen LogP contribution in [-0.2, 0) is 4.79 Å². The molecule has 1 amide bonds. The summed E-state index contributed by atoms with van der Waals surface area (Å²) < 4.78 is 1.08. The average Bonchev–Trinajstić information content (AvgIpc) is 2.47. The summed E-state index contributed by atoms with van der Waals surface area (Å²) in [5.41, 5.74) is 1.20. The van der Waals surface area contributed by atoms with Crippen molar-refractivity contribution in [1.82, 2.24) is 10.6 Å². The Morgan fingerprint density at radius 2 is 2.32 bits per heavy atom. The van der Waals surface area contributed by atoms with Gasteiger partial charge < -0.3 is 10.6 Å². The van der Waals surface area contributed by atoms with Crippen LogP contribution in [0.15, 0.2) is 27.6 Å². The minimum Gasteiger partial charge on any atom is -0.355 e. The van der Waals surface area contributed by atoms with E-state index in [1.165, 1.54) is 23.3 Å². The van der Waals surface area contributed by atoms with Gasteiger partial charge >= 0.3 is 0 Å². The third kappa shape index (κ3) is 6.90. The van der Waals surface area contributed by atoms with Crippen molar-refractivity contribution in [3.8, 4) is 0 Å². The lowest BCUT2D eigenvalue weighted by Gasteiger charge is -2.22. The lowest BCUT2D eigenvalue weighted by Crippen LogP contribution is -2.33. The van der Waals surface area contributed by atoms with Gasteiger partial charge in [-0.15, -0.1) is 24.2 Å². The fourth-order valence-corrected chi connectivity index (χ4v) is 3.87. The monoisotopic (exact) mass is 406 g/mol. The highest BCUT2D eigenvalue weighted by atomic mass is 79.9. The van der Waals surface area contributed by atoms with Crippen molar-refractivity contribution in [2.45, 2.75) is 31.1 Å². The second kappa shape index (κ2) is 10.5. The quantitative estimate of drug-likeness (QED) is 0.705. The first-order valence-electron chi connectivity index (χ1n) is 7.51. The normalized spacial score (nSPS) is 17.6. The molecule has 6 heteroatoms. The van der Waals surface area contributed by atoms with Crippen molar-refractivity contribution in [2.24, 2.45) is 5.92 Å². The molecule has 0 saturated carbocycles. The zero-order valence-electron chi connectivity index (χ0n) is 12.9. The molecule has 1 aliphatic rings. The van der Waals surface area contributed by atoms with Crippen LogP contribution in [0.4, 0.5) is 0 Å². The number of carbonyl (C=O) groups is 1. The molecule has 1 aromatic rings. The van der Waals surface area contributed by atoms with Gasteiger partial charge in [0, 0.05) is 15.9 Å². The van der Waals surface area contributed by atoms with E-state index in [0.717, 1.165) is 36.4 Å². The summed E-state index contributed by atoms with van der Waals surface area (Å²) in [7, 11) is 0. The van der Waals surface area contributed by atoms with Crippen LogP contribution in [0, 0.1) is 12.8 Å². The first-order valence-corrected chi connectivity index (χ1v) is 9.29. The number of piperidine rings is 1. The Kier molecular flexibility index (Phi) is 9.48. The fourth-order valence-electron chi connectivity index (χ4n) is 2.56. The first-order chi connectivity index (χ1) is 10.1. The summed E-state index contributed by atoms with van der Waals surface area (Å²) in [6.07, 6.45) is 3.63. The van der Waals surface area contributed by atoms with E-state index in [2.05, 4.69) is 45.6 Å². The zero-order chi connectivity index (χ0) is 15.1. The molecule has 1 fully saturated rings. The Balaban J connectivity index is 0.00000242. The van der Waals surface area contributed by atoms with Crippen molar-refractivity contribution < 1.29 is 4.79 Å². The summed E-state index contributed by atoms with van der Waals surface area (Å²) in [4.78, 5) is 13.1. The van der Waals surface area contributed by atoms with Gasteiger partial charge in [0.15, 0.2) is 0 Å². The molecule has 1 atom stereocenters. The third-order valence-corrected chi connectivity index (χ3v) is 5.44. The van der Waals surface area contributed by atoms with Crippen LogP contribution in [0.1, 0.15) is 24.8 Å². The van der Waals surface area contributed by atoms with Crippen LogP contribution in [0.5, 0.6) is 0 Å². The number of benzene rings is 1. The molecule has 0 spiro atoms. The molecule has 2 rings (SSSR count). The van der Waals surface area contributed by atoms with Gasteiger partial charge in [0.2, 0.25) is 5.91 Å². The van der Waals surface area contributed by atoms with Crippen LogP contribution < -0.4 is 10.6 Å². The molecule has 0 aromatic heterocycles. The molecule has 1 aliphatic heterocycles. The molecule has 22 heavy (non-hydrogen) atoms. The molecule has 0 aliphatic carbocycles. The number of thioether (sulfide) groups is 1. The zero-order valence-corrected chi connectivity index (χ0v) is 16.1. The SMILES string of the molecule is Cc1cc(Br)ccc1SCC(=O)NCCC1CCCNC1.Cl. The van der Waals surface area contributed by atoms with Crippen LogP contribution in [0.2, 0.25) is 0 Å². The van der Waals surface area contributed by atoms with Crippen LogP contribution in [-0.4, -0.2) is 31.3 Å². The van der Waals surface area contributed by atoms with Crippen molar-refractivity contribution in [2.75, 3.05) is 25.4 Å². The Bertz CT molecular complexity index is 481. The third-order valence-electron chi connectivity index (χ3n) is 3.77. The number of hydrogen-bond donors (Lipinski definition) is 2. The summed E-state index contributed by atoms with van der Waals surface area (Å²) >= 11 is 5.06. The Morgan fingerprint density at radius 3 is 3.00 bits per heavy atom. The van der Waals surface area contributed by atoms with Crippen molar-refractivity contribution in [1.29, 1.82) is 0 Å². The smallest absolute Gasteiger partial charge is 0.230 e. The second-order valence-electron chi connectivity index (χ2n) is 5.55. The number of aryl methyl sites for hydroxylation is 1. The Hall–Kier alpha value is -0.230. The van der Waals surface area contributed by atoms with Crippen LogP contribution in [0.3, 0.4) is 0 Å². The van der Waals surface area contributed by atoms with Gasteiger partial charge in [-0.1, -0.05) is 15.9 Å². The van der Waals surface area contributed by atoms with E-state index in [4.69, 9.17) is 0 Å². The minimum absolute atomic E-state index is 0. The number of amides is 1. The highest BCUT2D eigenvalue weighted by Gasteiger charge is 2.13. The van der Waals surface area contributed by atoms with Gasteiger partial charge in [0.1, 0.15) is 0 Å². The molecular weight excluding hydrogens is 384 g/mol. The highest BCUT2D eigenvalue weighted by molar-refractivity contribution is 9.10. The van der Waals surface area contributed by atoms with E-state index in [0.29, 0.717) is 5.75 Å². The summed E-state index contributed by atoms with van der Waals surface area (Å²) in [5, 5.41) is 6.44. The van der Waals surface area contributed by atoms with E-state index >= 15 is 0 Å². The number of carbonyl (C=O) groups excluding carboxylic acids is 1. The molecule has 0 bridgehead atoms. The number of rotatable bonds is 6. The average molecular weight is 408 g/mol. The first kappa shape index (κ1) is 19.8. The van der Waals surface area contributed by atoms with E-state index < -0.39 is 0 Å². The summed E-state index contributed by atoms with van der Waals surface area (Å²) in [6.45, 7) is 5.11. The maximum Gasteiger partial charge on any atom is 0.230 e. The number of nitrogens with one attached hydrogen (secondary N) is 2. The molecular formula is C16H24BrClN2OS. The Labute approximate surface area is 151 Å². The number of hydrogen-bond acceptors (Lipinski definition) is 3. The van der Waals surface area contributed by atoms with Gasteiger partial charge in [-0.3, -0.25) is 4.79 Å². The summed E-state index contributed by atoms with van der Waals surface area (Å²) in [5.74, 6) is 1.34. The predicted molar refractivity (Wildman–Crippen MR) is 100 cm³/mol. The lowest BCUT2D eigenvalue weighted by atomic mass is 9.96. The van der Waals surface area contributed by atoms with Crippen LogP contribution in [0.25, 0.3) is 0 Å².